The second-order valence-electron chi connectivity index (χ2n) is 9.01. The Kier molecular flexibility index (Phi) is 7.64. The fourth-order valence-corrected chi connectivity index (χ4v) is 5.04. The molecule has 0 saturated heterocycles. The standard InChI is InChI=1S/C26H29N3O6/c30-23(22(27-24(31)25(32)33)14-16-8-2-1-3-9-16)28-29-26(34)35-15-21-19-12-6-4-10-17(19)18-11-5-7-13-20(18)21/h4-7,10-13,16,21-22H,1-3,8-9,14-15H2,(H,27,31)(H,28,30)(H,29,34)(H,32,33). The molecule has 1 fully saturated rings. The molecule has 4 rings (SSSR count). The van der Waals surface area contributed by atoms with Gasteiger partial charge in [0.15, 0.2) is 0 Å². The number of fused-ring (bicyclic) bond motifs is 3. The summed E-state index contributed by atoms with van der Waals surface area (Å²) in [4.78, 5) is 47.7. The first-order valence-electron chi connectivity index (χ1n) is 11.9. The van der Waals surface area contributed by atoms with E-state index in [4.69, 9.17) is 9.84 Å². The molecule has 0 spiro atoms. The van der Waals surface area contributed by atoms with Crippen molar-refractivity contribution in [2.45, 2.75) is 50.5 Å². The average Bonchev–Trinajstić information content (AvgIpc) is 3.19. The molecule has 2 aromatic rings. The number of rotatable bonds is 6. The Morgan fingerprint density at radius 2 is 1.49 bits per heavy atom. The lowest BCUT2D eigenvalue weighted by atomic mass is 9.84. The molecule has 0 aromatic heterocycles. The van der Waals surface area contributed by atoms with E-state index in [1.807, 2.05) is 48.5 Å². The van der Waals surface area contributed by atoms with Crippen LogP contribution in [-0.2, 0) is 19.1 Å². The Bertz CT molecular complexity index is 1070. The van der Waals surface area contributed by atoms with E-state index < -0.39 is 29.9 Å². The number of aliphatic carboxylic acids is 1. The van der Waals surface area contributed by atoms with Crippen molar-refractivity contribution in [3.8, 4) is 11.1 Å². The van der Waals surface area contributed by atoms with Crippen LogP contribution in [0.25, 0.3) is 11.1 Å². The van der Waals surface area contributed by atoms with Crippen molar-refractivity contribution in [3.05, 3.63) is 59.7 Å². The zero-order valence-corrected chi connectivity index (χ0v) is 19.3. The predicted molar refractivity (Wildman–Crippen MR) is 127 cm³/mol. The van der Waals surface area contributed by atoms with E-state index >= 15 is 0 Å². The third-order valence-electron chi connectivity index (χ3n) is 6.74. The quantitative estimate of drug-likeness (QED) is 0.372. The highest BCUT2D eigenvalue weighted by Gasteiger charge is 2.30. The SMILES string of the molecule is O=C(NNC(=O)C(CC1CCCCC1)NC(=O)C(=O)O)OCC1c2ccccc2-c2ccccc21. The number of ether oxygens (including phenoxy) is 1. The summed E-state index contributed by atoms with van der Waals surface area (Å²) in [5.41, 5.74) is 8.81. The van der Waals surface area contributed by atoms with E-state index in [9.17, 15) is 19.2 Å². The normalized spacial score (nSPS) is 15.9. The number of carbonyl (C=O) groups excluding carboxylic acids is 3. The van der Waals surface area contributed by atoms with Crippen molar-refractivity contribution in [1.82, 2.24) is 16.2 Å². The second kappa shape index (κ2) is 11.0. The van der Waals surface area contributed by atoms with E-state index in [0.717, 1.165) is 54.4 Å². The van der Waals surface area contributed by atoms with E-state index in [1.54, 1.807) is 0 Å². The van der Waals surface area contributed by atoms with Crippen molar-refractivity contribution < 1.29 is 29.0 Å². The van der Waals surface area contributed by atoms with Gasteiger partial charge in [-0.15, -0.1) is 0 Å². The lowest BCUT2D eigenvalue weighted by molar-refractivity contribution is -0.151. The maximum absolute atomic E-state index is 12.7. The largest absolute Gasteiger partial charge is 0.474 e. The number of hydrazine groups is 1. The van der Waals surface area contributed by atoms with Gasteiger partial charge < -0.3 is 15.2 Å². The molecular formula is C26H29N3O6. The first-order valence-corrected chi connectivity index (χ1v) is 11.9. The van der Waals surface area contributed by atoms with Gasteiger partial charge in [-0.05, 0) is 34.6 Å². The van der Waals surface area contributed by atoms with Gasteiger partial charge >= 0.3 is 18.0 Å². The van der Waals surface area contributed by atoms with Gasteiger partial charge in [0.05, 0.1) is 0 Å². The molecule has 3 amide bonds. The number of amides is 3. The molecule has 9 nitrogen and oxygen atoms in total. The van der Waals surface area contributed by atoms with E-state index in [-0.39, 0.29) is 18.4 Å². The Hall–Kier alpha value is -3.88. The zero-order valence-electron chi connectivity index (χ0n) is 19.3. The molecule has 1 saturated carbocycles. The first kappa shape index (κ1) is 24.3. The molecule has 4 N–H and O–H groups in total. The third kappa shape index (κ3) is 5.79. The van der Waals surface area contributed by atoms with Gasteiger partial charge in [0.1, 0.15) is 12.6 Å². The van der Waals surface area contributed by atoms with E-state index in [2.05, 4.69) is 16.2 Å². The van der Waals surface area contributed by atoms with Gasteiger partial charge in [0, 0.05) is 5.92 Å². The molecule has 1 unspecified atom stereocenters. The molecule has 0 radical (unpaired) electrons. The van der Waals surface area contributed by atoms with Gasteiger partial charge in [-0.3, -0.25) is 15.0 Å². The summed E-state index contributed by atoms with van der Waals surface area (Å²) in [6, 6.07) is 14.8. The summed E-state index contributed by atoms with van der Waals surface area (Å²) in [7, 11) is 0. The Morgan fingerprint density at radius 1 is 0.886 bits per heavy atom. The molecule has 184 valence electrons. The van der Waals surface area contributed by atoms with Crippen LogP contribution in [0.1, 0.15) is 55.6 Å². The van der Waals surface area contributed by atoms with E-state index in [0.29, 0.717) is 6.42 Å². The van der Waals surface area contributed by atoms with Gasteiger partial charge in [-0.1, -0.05) is 80.6 Å². The van der Waals surface area contributed by atoms with Crippen molar-refractivity contribution >= 4 is 23.9 Å². The number of carboxylic acid groups (broad SMARTS) is 1. The van der Waals surface area contributed by atoms with Crippen molar-refractivity contribution in [2.24, 2.45) is 5.92 Å². The molecule has 9 heteroatoms. The van der Waals surface area contributed by atoms with Crippen LogP contribution in [-0.4, -0.2) is 41.6 Å². The van der Waals surface area contributed by atoms with Gasteiger partial charge in [-0.2, -0.15) is 0 Å². The summed E-state index contributed by atoms with van der Waals surface area (Å²) in [6.45, 7) is 0.0803. The molecule has 1 atom stereocenters. The number of hydrogen-bond acceptors (Lipinski definition) is 5. The average molecular weight is 480 g/mol. The van der Waals surface area contributed by atoms with Crippen molar-refractivity contribution in [3.63, 3.8) is 0 Å². The molecule has 2 aliphatic rings. The molecule has 0 aliphatic heterocycles. The monoisotopic (exact) mass is 479 g/mol. The van der Waals surface area contributed by atoms with Gasteiger partial charge in [-0.25, -0.2) is 15.0 Å². The highest BCUT2D eigenvalue weighted by Crippen LogP contribution is 2.44. The molecule has 0 bridgehead atoms. The van der Waals surface area contributed by atoms with Crippen LogP contribution in [0.15, 0.2) is 48.5 Å². The summed E-state index contributed by atoms with van der Waals surface area (Å²) in [6.07, 6.45) is 4.46. The zero-order chi connectivity index (χ0) is 24.8. The van der Waals surface area contributed by atoms with Crippen LogP contribution in [0.2, 0.25) is 0 Å². The first-order chi connectivity index (χ1) is 16.9. The Labute approximate surface area is 203 Å². The van der Waals surface area contributed by atoms with Gasteiger partial charge in [0.25, 0.3) is 5.91 Å². The maximum Gasteiger partial charge on any atom is 0.426 e. The van der Waals surface area contributed by atoms with Crippen LogP contribution in [0.4, 0.5) is 4.79 Å². The second-order valence-corrected chi connectivity index (χ2v) is 9.01. The smallest absolute Gasteiger partial charge is 0.426 e. The van der Waals surface area contributed by atoms with Crippen LogP contribution in [0, 0.1) is 5.92 Å². The van der Waals surface area contributed by atoms with Crippen molar-refractivity contribution in [1.29, 1.82) is 0 Å². The molecular weight excluding hydrogens is 450 g/mol. The summed E-state index contributed by atoms with van der Waals surface area (Å²) in [5, 5.41) is 11.2. The highest BCUT2D eigenvalue weighted by molar-refractivity contribution is 6.32. The van der Waals surface area contributed by atoms with Crippen LogP contribution >= 0.6 is 0 Å². The number of carbonyl (C=O) groups is 4. The molecule has 2 aromatic carbocycles. The predicted octanol–water partition coefficient (Wildman–Crippen LogP) is 3.10. The Balaban J connectivity index is 1.33. The lowest BCUT2D eigenvalue weighted by Gasteiger charge is -2.26. The molecule has 35 heavy (non-hydrogen) atoms. The minimum atomic E-state index is -1.67. The fraction of sp³-hybridized carbons (Fsp3) is 0.385. The van der Waals surface area contributed by atoms with Gasteiger partial charge in [0.2, 0.25) is 0 Å². The number of benzene rings is 2. The highest BCUT2D eigenvalue weighted by atomic mass is 16.6. The lowest BCUT2D eigenvalue weighted by Crippen LogP contribution is -2.54. The topological polar surface area (TPSA) is 134 Å². The van der Waals surface area contributed by atoms with Crippen LogP contribution in [0.5, 0.6) is 0 Å². The summed E-state index contributed by atoms with van der Waals surface area (Å²) >= 11 is 0. The summed E-state index contributed by atoms with van der Waals surface area (Å²) in [5.74, 6) is -3.56. The molecule has 2 aliphatic carbocycles. The number of carboxylic acids is 1. The van der Waals surface area contributed by atoms with E-state index in [1.165, 1.54) is 0 Å². The maximum atomic E-state index is 12.7. The number of nitrogens with one attached hydrogen (secondary N) is 3. The molecule has 0 heterocycles. The fourth-order valence-electron chi connectivity index (χ4n) is 5.04. The summed E-state index contributed by atoms with van der Waals surface area (Å²) < 4.78 is 5.39. The Morgan fingerprint density at radius 3 is 2.09 bits per heavy atom. The third-order valence-corrected chi connectivity index (χ3v) is 6.74. The minimum Gasteiger partial charge on any atom is -0.474 e. The number of hydrogen-bond donors (Lipinski definition) is 4. The van der Waals surface area contributed by atoms with Crippen LogP contribution in [0.3, 0.4) is 0 Å². The minimum absolute atomic E-state index is 0.0803. The van der Waals surface area contributed by atoms with Crippen molar-refractivity contribution in [2.75, 3.05) is 6.61 Å². The van der Waals surface area contributed by atoms with Crippen LogP contribution < -0.4 is 16.2 Å².